The zero-order chi connectivity index (χ0) is 14.7. The number of carbonyl (C=O) groups excluding carboxylic acids is 1. The van der Waals surface area contributed by atoms with Gasteiger partial charge in [0, 0.05) is 6.54 Å². The average molecular weight is 290 g/mol. The van der Waals surface area contributed by atoms with Crippen molar-refractivity contribution >= 4 is 5.91 Å². The van der Waals surface area contributed by atoms with E-state index in [-0.39, 0.29) is 17.9 Å². The summed E-state index contributed by atoms with van der Waals surface area (Å²) in [6.07, 6.45) is 2.03. The first-order chi connectivity index (χ1) is 10.2. The van der Waals surface area contributed by atoms with Crippen LogP contribution in [0.2, 0.25) is 0 Å². The van der Waals surface area contributed by atoms with Crippen molar-refractivity contribution in [1.82, 2.24) is 10.6 Å². The fraction of sp³-hybridized carbons (Fsp3) is 0.562. The van der Waals surface area contributed by atoms with Crippen LogP contribution in [0.5, 0.6) is 11.5 Å². The van der Waals surface area contributed by atoms with Gasteiger partial charge in [0.1, 0.15) is 13.2 Å². The van der Waals surface area contributed by atoms with Crippen molar-refractivity contribution in [3.05, 3.63) is 23.8 Å². The third-order valence-electron chi connectivity index (χ3n) is 4.09. The summed E-state index contributed by atoms with van der Waals surface area (Å²) in [6.45, 7) is 4.96. The van der Waals surface area contributed by atoms with E-state index in [0.29, 0.717) is 13.2 Å². The molecule has 0 saturated carbocycles. The maximum atomic E-state index is 12.3. The Bertz CT molecular complexity index is 512. The van der Waals surface area contributed by atoms with E-state index in [4.69, 9.17) is 9.47 Å². The van der Waals surface area contributed by atoms with Gasteiger partial charge in [-0.2, -0.15) is 0 Å². The quantitative estimate of drug-likeness (QED) is 0.888. The molecule has 1 unspecified atom stereocenters. The van der Waals surface area contributed by atoms with Crippen molar-refractivity contribution in [1.29, 1.82) is 0 Å². The van der Waals surface area contributed by atoms with Crippen molar-refractivity contribution < 1.29 is 14.3 Å². The van der Waals surface area contributed by atoms with Gasteiger partial charge in [0.2, 0.25) is 5.91 Å². The van der Waals surface area contributed by atoms with Crippen molar-refractivity contribution in [2.24, 2.45) is 5.92 Å². The lowest BCUT2D eigenvalue weighted by Crippen LogP contribution is -2.41. The summed E-state index contributed by atoms with van der Waals surface area (Å²) in [6, 6.07) is 5.82. The molecule has 2 atom stereocenters. The third kappa shape index (κ3) is 3.29. The standard InChI is InChI=1S/C16H22N2O3/c1-11(18-16(19)13-3-2-6-17-10-13)12-4-5-14-15(9-12)21-8-7-20-14/h4-5,9,11,13,17H,2-3,6-8,10H2,1H3,(H,18,19)/t11?,13-/m1/s1. The van der Waals surface area contributed by atoms with Crippen LogP contribution in [-0.2, 0) is 4.79 Å². The molecule has 114 valence electrons. The molecule has 2 aliphatic rings. The molecule has 0 bridgehead atoms. The van der Waals surface area contributed by atoms with Gasteiger partial charge in [0.15, 0.2) is 11.5 Å². The second-order valence-corrected chi connectivity index (χ2v) is 5.68. The minimum Gasteiger partial charge on any atom is -0.486 e. The predicted molar refractivity (Wildman–Crippen MR) is 79.6 cm³/mol. The van der Waals surface area contributed by atoms with E-state index in [9.17, 15) is 4.79 Å². The highest BCUT2D eigenvalue weighted by Gasteiger charge is 2.23. The van der Waals surface area contributed by atoms with Crippen LogP contribution in [0.3, 0.4) is 0 Å². The van der Waals surface area contributed by atoms with Gasteiger partial charge in [0.25, 0.3) is 0 Å². The van der Waals surface area contributed by atoms with Gasteiger partial charge >= 0.3 is 0 Å². The number of carbonyl (C=O) groups is 1. The van der Waals surface area contributed by atoms with Gasteiger partial charge in [-0.3, -0.25) is 4.79 Å². The van der Waals surface area contributed by atoms with E-state index in [2.05, 4.69) is 10.6 Å². The highest BCUT2D eigenvalue weighted by molar-refractivity contribution is 5.79. The molecule has 1 amide bonds. The molecule has 5 nitrogen and oxygen atoms in total. The number of nitrogens with one attached hydrogen (secondary N) is 2. The Kier molecular flexibility index (Phi) is 4.29. The Hall–Kier alpha value is -1.75. The topological polar surface area (TPSA) is 59.6 Å². The summed E-state index contributed by atoms with van der Waals surface area (Å²) < 4.78 is 11.1. The van der Waals surface area contributed by atoms with Crippen LogP contribution in [0.15, 0.2) is 18.2 Å². The van der Waals surface area contributed by atoms with E-state index in [1.807, 2.05) is 25.1 Å². The molecule has 0 aromatic heterocycles. The molecule has 1 aromatic carbocycles. The van der Waals surface area contributed by atoms with Gasteiger partial charge in [0.05, 0.1) is 12.0 Å². The number of benzene rings is 1. The lowest BCUT2D eigenvalue weighted by molar-refractivity contribution is -0.126. The van der Waals surface area contributed by atoms with Gasteiger partial charge < -0.3 is 20.1 Å². The molecule has 1 aromatic rings. The van der Waals surface area contributed by atoms with Crippen molar-refractivity contribution in [3.8, 4) is 11.5 Å². The van der Waals surface area contributed by atoms with Crippen molar-refractivity contribution in [3.63, 3.8) is 0 Å². The maximum Gasteiger partial charge on any atom is 0.224 e. The number of ether oxygens (including phenoxy) is 2. The summed E-state index contributed by atoms with van der Waals surface area (Å²) in [7, 11) is 0. The first-order valence-corrected chi connectivity index (χ1v) is 7.64. The number of fused-ring (bicyclic) bond motifs is 1. The third-order valence-corrected chi connectivity index (χ3v) is 4.09. The lowest BCUT2D eigenvalue weighted by atomic mass is 9.98. The summed E-state index contributed by atoms with van der Waals surface area (Å²) in [4.78, 5) is 12.3. The van der Waals surface area contributed by atoms with Crippen LogP contribution in [0.4, 0.5) is 0 Å². The molecule has 0 aliphatic carbocycles. The van der Waals surface area contributed by atoms with Crippen molar-refractivity contribution in [2.45, 2.75) is 25.8 Å². The number of hydrogen-bond donors (Lipinski definition) is 2. The highest BCUT2D eigenvalue weighted by atomic mass is 16.6. The summed E-state index contributed by atoms with van der Waals surface area (Å²) in [5.74, 6) is 1.75. The number of piperidine rings is 1. The van der Waals surface area contributed by atoms with E-state index in [0.717, 1.165) is 43.0 Å². The lowest BCUT2D eigenvalue weighted by Gasteiger charge is -2.25. The zero-order valence-corrected chi connectivity index (χ0v) is 12.4. The minimum absolute atomic E-state index is 0.0322. The van der Waals surface area contributed by atoms with Crippen LogP contribution in [0, 0.1) is 5.92 Å². The van der Waals surface area contributed by atoms with Crippen LogP contribution in [0.25, 0.3) is 0 Å². The molecule has 0 radical (unpaired) electrons. The molecule has 1 fully saturated rings. The molecular formula is C16H22N2O3. The first-order valence-electron chi connectivity index (χ1n) is 7.64. The van der Waals surface area contributed by atoms with Gasteiger partial charge in [-0.05, 0) is 44.0 Å². The molecule has 2 heterocycles. The zero-order valence-electron chi connectivity index (χ0n) is 12.4. The normalized spacial score (nSPS) is 22.4. The number of hydrogen-bond acceptors (Lipinski definition) is 4. The Morgan fingerprint density at radius 3 is 2.90 bits per heavy atom. The Morgan fingerprint density at radius 2 is 2.14 bits per heavy atom. The first kappa shape index (κ1) is 14.2. The second-order valence-electron chi connectivity index (χ2n) is 5.68. The molecule has 1 saturated heterocycles. The van der Waals surface area contributed by atoms with E-state index >= 15 is 0 Å². The monoisotopic (exact) mass is 290 g/mol. The SMILES string of the molecule is CC(NC(=O)[C@@H]1CCCNC1)c1ccc2c(c1)OCCO2. The molecule has 2 aliphatic heterocycles. The Labute approximate surface area is 125 Å². The Morgan fingerprint density at radius 1 is 1.33 bits per heavy atom. The van der Waals surface area contributed by atoms with E-state index in [1.54, 1.807) is 0 Å². The van der Waals surface area contributed by atoms with Crippen LogP contribution in [0.1, 0.15) is 31.4 Å². The van der Waals surface area contributed by atoms with Crippen molar-refractivity contribution in [2.75, 3.05) is 26.3 Å². The summed E-state index contributed by atoms with van der Waals surface area (Å²) in [5, 5.41) is 6.37. The molecular weight excluding hydrogens is 268 g/mol. The fourth-order valence-corrected chi connectivity index (χ4v) is 2.82. The van der Waals surface area contributed by atoms with E-state index in [1.165, 1.54) is 0 Å². The van der Waals surface area contributed by atoms with E-state index < -0.39 is 0 Å². The number of amides is 1. The Balaban J connectivity index is 1.64. The molecule has 2 N–H and O–H groups in total. The van der Waals surface area contributed by atoms with Gasteiger partial charge in [-0.15, -0.1) is 0 Å². The van der Waals surface area contributed by atoms with Crippen LogP contribution < -0.4 is 20.1 Å². The van der Waals surface area contributed by atoms with Crippen LogP contribution >= 0.6 is 0 Å². The van der Waals surface area contributed by atoms with Crippen LogP contribution in [-0.4, -0.2) is 32.2 Å². The summed E-state index contributed by atoms with van der Waals surface area (Å²) in [5.41, 5.74) is 1.04. The predicted octanol–water partition coefficient (Wildman–Crippen LogP) is 1.63. The average Bonchev–Trinajstić information content (AvgIpc) is 2.55. The minimum atomic E-state index is -0.0322. The second kappa shape index (κ2) is 6.35. The van der Waals surface area contributed by atoms with Gasteiger partial charge in [-0.25, -0.2) is 0 Å². The molecule has 0 spiro atoms. The smallest absolute Gasteiger partial charge is 0.224 e. The van der Waals surface area contributed by atoms with Gasteiger partial charge in [-0.1, -0.05) is 6.07 Å². The summed E-state index contributed by atoms with van der Waals surface area (Å²) >= 11 is 0. The molecule has 21 heavy (non-hydrogen) atoms. The highest BCUT2D eigenvalue weighted by Crippen LogP contribution is 2.32. The molecule has 3 rings (SSSR count). The maximum absolute atomic E-state index is 12.3. The number of rotatable bonds is 3. The largest absolute Gasteiger partial charge is 0.486 e. The molecule has 5 heteroatoms. The fourth-order valence-electron chi connectivity index (χ4n) is 2.82.